The molecule has 2 aromatic rings. The molecule has 192 valence electrons. The molecule has 4 rings (SSSR count). The molecule has 2 aliphatic rings. The molecule has 10 heteroatoms. The summed E-state index contributed by atoms with van der Waals surface area (Å²) in [5, 5.41) is 12.5. The van der Waals surface area contributed by atoms with Gasteiger partial charge in [0.1, 0.15) is 5.75 Å². The number of carbonyl (C=O) groups excluding carboxylic acids is 1. The number of benzene rings is 2. The quantitative estimate of drug-likeness (QED) is 0.443. The zero-order valence-corrected chi connectivity index (χ0v) is 20.6. The van der Waals surface area contributed by atoms with Crippen molar-refractivity contribution >= 4 is 23.5 Å². The van der Waals surface area contributed by atoms with Gasteiger partial charge in [-0.25, -0.2) is 9.79 Å². The van der Waals surface area contributed by atoms with Gasteiger partial charge in [0.25, 0.3) is 0 Å². The third-order valence-electron chi connectivity index (χ3n) is 6.33. The first-order chi connectivity index (χ1) is 17.5. The lowest BCUT2D eigenvalue weighted by molar-refractivity contribution is -0.136. The number of nitrogens with zero attached hydrogens (tertiary/aromatic N) is 4. The van der Waals surface area contributed by atoms with Gasteiger partial charge in [-0.15, -0.1) is 0 Å². The largest absolute Gasteiger partial charge is 0.497 e. The summed E-state index contributed by atoms with van der Waals surface area (Å²) in [5.41, 5.74) is 2.01. The molecule has 2 saturated heterocycles. The van der Waals surface area contributed by atoms with Crippen LogP contribution < -0.4 is 10.1 Å². The molecule has 2 aromatic carbocycles. The molecule has 2 fully saturated rings. The third kappa shape index (κ3) is 6.96. The van der Waals surface area contributed by atoms with Crippen molar-refractivity contribution in [3.05, 3.63) is 59.7 Å². The van der Waals surface area contributed by atoms with Gasteiger partial charge in [-0.05, 0) is 42.0 Å². The number of guanidine groups is 1. The number of hydrogen-bond acceptors (Lipinski definition) is 6. The van der Waals surface area contributed by atoms with Crippen molar-refractivity contribution in [2.24, 2.45) is 4.99 Å². The number of nitrogens with one attached hydrogen (secondary N) is 1. The van der Waals surface area contributed by atoms with Crippen LogP contribution >= 0.6 is 0 Å². The maximum Gasteiger partial charge on any atom is 0.335 e. The summed E-state index contributed by atoms with van der Waals surface area (Å²) in [5.74, 6) is 0.673. The number of aromatic carboxylic acids is 1. The first-order valence-electron chi connectivity index (χ1n) is 12.1. The predicted molar refractivity (Wildman–Crippen MR) is 137 cm³/mol. The Bertz CT molecular complexity index is 1060. The van der Waals surface area contributed by atoms with E-state index >= 15 is 0 Å². The van der Waals surface area contributed by atoms with E-state index in [9.17, 15) is 14.7 Å². The van der Waals surface area contributed by atoms with Crippen LogP contribution in [0.4, 0.5) is 5.69 Å². The molecule has 2 heterocycles. The Morgan fingerprint density at radius 2 is 1.72 bits per heavy atom. The van der Waals surface area contributed by atoms with Gasteiger partial charge in [0.2, 0.25) is 5.91 Å². The van der Waals surface area contributed by atoms with Gasteiger partial charge in [-0.1, -0.05) is 12.1 Å². The molecule has 0 bridgehead atoms. The number of carboxylic acids is 1. The normalized spacial score (nSPS) is 17.1. The molecule has 0 saturated carbocycles. The molecule has 0 radical (unpaired) electrons. The van der Waals surface area contributed by atoms with E-state index in [0.29, 0.717) is 58.4 Å². The maximum absolute atomic E-state index is 12.6. The summed E-state index contributed by atoms with van der Waals surface area (Å²) in [6, 6.07) is 14.4. The van der Waals surface area contributed by atoms with E-state index < -0.39 is 5.97 Å². The zero-order chi connectivity index (χ0) is 25.3. The van der Waals surface area contributed by atoms with E-state index in [1.165, 1.54) is 0 Å². The van der Waals surface area contributed by atoms with Crippen molar-refractivity contribution in [2.75, 3.05) is 71.5 Å². The van der Waals surface area contributed by atoms with Gasteiger partial charge in [-0.2, -0.15) is 0 Å². The second-order valence-corrected chi connectivity index (χ2v) is 8.76. The minimum Gasteiger partial charge on any atom is -0.497 e. The molecule has 0 unspecified atom stereocenters. The Kier molecular flexibility index (Phi) is 8.75. The van der Waals surface area contributed by atoms with Crippen molar-refractivity contribution < 1.29 is 24.2 Å². The van der Waals surface area contributed by atoms with Crippen molar-refractivity contribution in [3.8, 4) is 5.75 Å². The fourth-order valence-corrected chi connectivity index (χ4v) is 4.20. The number of amides is 1. The summed E-state index contributed by atoms with van der Waals surface area (Å²) in [7, 11) is 1.64. The van der Waals surface area contributed by atoms with Crippen LogP contribution in [0.3, 0.4) is 0 Å². The Hall–Kier alpha value is -3.63. The van der Waals surface area contributed by atoms with Crippen LogP contribution in [-0.4, -0.2) is 104 Å². The number of carboxylic acid groups (broad SMARTS) is 1. The summed E-state index contributed by atoms with van der Waals surface area (Å²) < 4.78 is 10.7. The highest BCUT2D eigenvalue weighted by Gasteiger charge is 2.24. The zero-order valence-electron chi connectivity index (χ0n) is 20.6. The smallest absolute Gasteiger partial charge is 0.335 e. The summed E-state index contributed by atoms with van der Waals surface area (Å²) in [6.07, 6.45) is 0. The molecule has 2 N–H and O–H groups in total. The molecular formula is C26H33N5O5. The second-order valence-electron chi connectivity index (χ2n) is 8.76. The number of methoxy groups -OCH3 is 1. The average molecular weight is 496 g/mol. The maximum atomic E-state index is 12.6. The highest BCUT2D eigenvalue weighted by molar-refractivity contribution is 5.94. The molecule has 0 spiro atoms. The van der Waals surface area contributed by atoms with Crippen LogP contribution in [0, 0.1) is 0 Å². The van der Waals surface area contributed by atoms with Gasteiger partial charge in [0, 0.05) is 45.0 Å². The van der Waals surface area contributed by atoms with Crippen molar-refractivity contribution in [1.29, 1.82) is 0 Å². The van der Waals surface area contributed by atoms with E-state index in [1.807, 2.05) is 29.2 Å². The van der Waals surface area contributed by atoms with Crippen molar-refractivity contribution in [1.82, 2.24) is 14.7 Å². The van der Waals surface area contributed by atoms with E-state index in [-0.39, 0.29) is 11.5 Å². The molecule has 1 amide bonds. The van der Waals surface area contributed by atoms with Crippen LogP contribution in [0.15, 0.2) is 53.5 Å². The Balaban J connectivity index is 1.42. The Labute approximate surface area is 211 Å². The molecule has 0 aromatic heterocycles. The first-order valence-corrected chi connectivity index (χ1v) is 12.1. The first kappa shape index (κ1) is 25.5. The lowest BCUT2D eigenvalue weighted by Crippen LogP contribution is -2.53. The number of morpholine rings is 1. The van der Waals surface area contributed by atoms with Crippen molar-refractivity contribution in [3.63, 3.8) is 0 Å². The van der Waals surface area contributed by atoms with Crippen molar-refractivity contribution in [2.45, 2.75) is 6.54 Å². The number of rotatable bonds is 7. The second kappa shape index (κ2) is 12.4. The number of hydrogen-bond donors (Lipinski definition) is 2. The molecule has 36 heavy (non-hydrogen) atoms. The van der Waals surface area contributed by atoms with Crippen LogP contribution in [0.5, 0.6) is 5.75 Å². The van der Waals surface area contributed by atoms with Gasteiger partial charge in [0.15, 0.2) is 5.96 Å². The minimum atomic E-state index is -0.962. The third-order valence-corrected chi connectivity index (χ3v) is 6.33. The SMILES string of the molecule is COc1cccc(CN=C(Nc2ccc(C(=O)O)cc2)N2CCN(CC(=O)N3CCOCC3)CC2)c1. The summed E-state index contributed by atoms with van der Waals surface area (Å²) in [6.45, 7) is 6.31. The lowest BCUT2D eigenvalue weighted by Gasteiger charge is -2.37. The topological polar surface area (TPSA) is 107 Å². The monoisotopic (exact) mass is 495 g/mol. The van der Waals surface area contributed by atoms with E-state index in [1.54, 1.807) is 31.4 Å². The van der Waals surface area contributed by atoms with Crippen LogP contribution in [0.25, 0.3) is 0 Å². The minimum absolute atomic E-state index is 0.148. The molecular weight excluding hydrogens is 462 g/mol. The van der Waals surface area contributed by atoms with Crippen LogP contribution in [-0.2, 0) is 16.1 Å². The van der Waals surface area contributed by atoms with Gasteiger partial charge < -0.3 is 29.7 Å². The number of piperazine rings is 1. The average Bonchev–Trinajstić information content (AvgIpc) is 2.92. The Morgan fingerprint density at radius 1 is 1.00 bits per heavy atom. The molecule has 10 nitrogen and oxygen atoms in total. The summed E-state index contributed by atoms with van der Waals surface area (Å²) in [4.78, 5) is 34.9. The lowest BCUT2D eigenvalue weighted by atomic mass is 10.2. The highest BCUT2D eigenvalue weighted by atomic mass is 16.5. The number of carbonyl (C=O) groups is 2. The standard InChI is InChI=1S/C26H33N5O5/c1-35-23-4-2-3-20(17-23)18-27-26(28-22-7-5-21(6-8-22)25(33)34)31-11-9-29(10-12-31)19-24(32)30-13-15-36-16-14-30/h2-8,17H,9-16,18-19H2,1H3,(H,27,28)(H,33,34). The molecule has 0 aliphatic carbocycles. The fourth-order valence-electron chi connectivity index (χ4n) is 4.20. The van der Waals surface area contributed by atoms with Gasteiger partial charge >= 0.3 is 5.97 Å². The van der Waals surface area contributed by atoms with Crippen LogP contribution in [0.1, 0.15) is 15.9 Å². The number of aliphatic imine (C=N–C) groups is 1. The summed E-state index contributed by atoms with van der Waals surface area (Å²) >= 11 is 0. The fraction of sp³-hybridized carbons (Fsp3) is 0.423. The molecule has 2 aliphatic heterocycles. The highest BCUT2D eigenvalue weighted by Crippen LogP contribution is 2.16. The van der Waals surface area contributed by atoms with E-state index in [0.717, 1.165) is 30.1 Å². The van der Waals surface area contributed by atoms with Gasteiger partial charge in [-0.3, -0.25) is 9.69 Å². The molecule has 0 atom stereocenters. The number of anilines is 1. The van der Waals surface area contributed by atoms with E-state index in [2.05, 4.69) is 15.1 Å². The predicted octanol–water partition coefficient (Wildman–Crippen LogP) is 1.84. The Morgan fingerprint density at radius 3 is 2.39 bits per heavy atom. The van der Waals surface area contributed by atoms with Gasteiger partial charge in [0.05, 0.1) is 39.0 Å². The van der Waals surface area contributed by atoms with Crippen LogP contribution in [0.2, 0.25) is 0 Å². The number of ether oxygens (including phenoxy) is 2. The van der Waals surface area contributed by atoms with E-state index in [4.69, 9.17) is 14.5 Å².